The molecule has 1 saturated carbocycles. The summed E-state index contributed by atoms with van der Waals surface area (Å²) in [6.07, 6.45) is 7.52. The van der Waals surface area contributed by atoms with Crippen LogP contribution in [0.4, 0.5) is 0 Å². The molecular weight excluding hydrogens is 368 g/mol. The standard InChI is InChI=1S/C15H19ClN4O2S2/c16-13-6-8-15(23-13)24(21,22)20-9-1-2-12(20)5-7-14-18-17-10-19(14)11-3-4-11/h6,8,10-12H,1-5,7,9H2. The summed E-state index contributed by atoms with van der Waals surface area (Å²) in [6.45, 7) is 0.581. The Morgan fingerprint density at radius 1 is 1.29 bits per heavy atom. The van der Waals surface area contributed by atoms with E-state index in [-0.39, 0.29) is 6.04 Å². The van der Waals surface area contributed by atoms with Crippen LogP contribution in [0.2, 0.25) is 4.34 Å². The molecule has 1 unspecified atom stereocenters. The van der Waals surface area contributed by atoms with Gasteiger partial charge in [0.2, 0.25) is 0 Å². The van der Waals surface area contributed by atoms with Crippen LogP contribution in [0.1, 0.15) is 44.0 Å². The van der Waals surface area contributed by atoms with Gasteiger partial charge in [0.1, 0.15) is 16.4 Å². The Morgan fingerprint density at radius 2 is 2.12 bits per heavy atom. The second-order valence-corrected chi connectivity index (χ2v) is 10.2. The second-order valence-electron chi connectivity index (χ2n) is 6.39. The third kappa shape index (κ3) is 3.12. The van der Waals surface area contributed by atoms with Gasteiger partial charge in [-0.25, -0.2) is 8.42 Å². The number of rotatable bonds is 6. The Bertz CT molecular complexity index is 828. The van der Waals surface area contributed by atoms with Gasteiger partial charge in [0.25, 0.3) is 10.0 Å². The van der Waals surface area contributed by atoms with Crippen molar-refractivity contribution in [3.8, 4) is 0 Å². The maximum absolute atomic E-state index is 12.8. The molecule has 3 heterocycles. The fraction of sp³-hybridized carbons (Fsp3) is 0.600. The lowest BCUT2D eigenvalue weighted by Gasteiger charge is -2.23. The molecule has 0 bridgehead atoms. The Labute approximate surface area is 150 Å². The molecule has 1 aliphatic heterocycles. The van der Waals surface area contributed by atoms with Crippen molar-refractivity contribution >= 4 is 33.0 Å². The number of aromatic nitrogens is 3. The first-order chi connectivity index (χ1) is 11.6. The van der Waals surface area contributed by atoms with Gasteiger partial charge >= 0.3 is 0 Å². The van der Waals surface area contributed by atoms with Crippen molar-refractivity contribution in [1.29, 1.82) is 0 Å². The number of hydrogen-bond acceptors (Lipinski definition) is 5. The summed E-state index contributed by atoms with van der Waals surface area (Å²) in [5.74, 6) is 0.973. The predicted molar refractivity (Wildman–Crippen MR) is 92.9 cm³/mol. The molecule has 4 rings (SSSR count). The lowest BCUT2D eigenvalue weighted by molar-refractivity contribution is 0.368. The van der Waals surface area contributed by atoms with E-state index in [4.69, 9.17) is 11.6 Å². The Kier molecular flexibility index (Phi) is 4.40. The van der Waals surface area contributed by atoms with E-state index in [1.807, 2.05) is 0 Å². The summed E-state index contributed by atoms with van der Waals surface area (Å²) >= 11 is 7.03. The van der Waals surface area contributed by atoms with Gasteiger partial charge in [-0.1, -0.05) is 11.6 Å². The molecule has 2 fully saturated rings. The van der Waals surface area contributed by atoms with E-state index in [1.54, 1.807) is 22.8 Å². The second kappa shape index (κ2) is 6.40. The third-order valence-electron chi connectivity index (χ3n) is 4.72. The molecule has 2 aromatic heterocycles. The highest BCUT2D eigenvalue weighted by atomic mass is 35.5. The van der Waals surface area contributed by atoms with Gasteiger partial charge in [-0.3, -0.25) is 0 Å². The fourth-order valence-corrected chi connectivity index (χ4v) is 6.70. The molecule has 2 aromatic rings. The van der Waals surface area contributed by atoms with E-state index in [0.29, 0.717) is 21.1 Å². The topological polar surface area (TPSA) is 68.1 Å². The number of sulfonamides is 1. The average Bonchev–Trinajstić information content (AvgIpc) is 2.97. The van der Waals surface area contributed by atoms with E-state index in [2.05, 4.69) is 14.8 Å². The molecule has 2 aliphatic rings. The van der Waals surface area contributed by atoms with E-state index >= 15 is 0 Å². The minimum Gasteiger partial charge on any atom is -0.314 e. The maximum atomic E-state index is 12.8. The average molecular weight is 387 g/mol. The summed E-state index contributed by atoms with van der Waals surface area (Å²) < 4.78 is 30.3. The van der Waals surface area contributed by atoms with Crippen molar-refractivity contribution in [2.24, 2.45) is 0 Å². The van der Waals surface area contributed by atoms with Gasteiger partial charge in [-0.15, -0.1) is 21.5 Å². The Balaban J connectivity index is 1.47. The van der Waals surface area contributed by atoms with Crippen molar-refractivity contribution in [3.63, 3.8) is 0 Å². The monoisotopic (exact) mass is 386 g/mol. The Morgan fingerprint density at radius 3 is 2.83 bits per heavy atom. The zero-order chi connectivity index (χ0) is 16.7. The molecule has 0 N–H and O–H groups in total. The van der Waals surface area contributed by atoms with Crippen molar-refractivity contribution in [1.82, 2.24) is 19.1 Å². The summed E-state index contributed by atoms with van der Waals surface area (Å²) in [5.41, 5.74) is 0. The smallest absolute Gasteiger partial charge is 0.252 e. The van der Waals surface area contributed by atoms with Gasteiger partial charge in [0.15, 0.2) is 0 Å². The number of nitrogens with zero attached hydrogens (tertiary/aromatic N) is 4. The first-order valence-electron chi connectivity index (χ1n) is 8.21. The number of thiophene rings is 1. The maximum Gasteiger partial charge on any atom is 0.252 e. The van der Waals surface area contributed by atoms with Gasteiger partial charge in [0.05, 0.1) is 4.34 Å². The molecule has 24 heavy (non-hydrogen) atoms. The summed E-state index contributed by atoms with van der Waals surface area (Å²) in [7, 11) is -3.45. The molecule has 0 amide bonds. The summed E-state index contributed by atoms with van der Waals surface area (Å²) in [4.78, 5) is 0. The molecule has 0 spiro atoms. The molecule has 9 heteroatoms. The normalized spacial score (nSPS) is 22.3. The zero-order valence-electron chi connectivity index (χ0n) is 13.1. The summed E-state index contributed by atoms with van der Waals surface area (Å²) in [6, 6.07) is 3.82. The van der Waals surface area contributed by atoms with Crippen LogP contribution in [0.15, 0.2) is 22.7 Å². The third-order valence-corrected chi connectivity index (χ3v) is 8.37. The molecule has 1 saturated heterocycles. The van der Waals surface area contributed by atoms with Gasteiger partial charge in [0, 0.05) is 25.0 Å². The molecule has 1 aliphatic carbocycles. The minimum atomic E-state index is -3.45. The van der Waals surface area contributed by atoms with Crippen LogP contribution < -0.4 is 0 Å². The number of hydrogen-bond donors (Lipinski definition) is 0. The highest BCUT2D eigenvalue weighted by molar-refractivity contribution is 7.91. The van der Waals surface area contributed by atoms with Crippen molar-refractivity contribution < 1.29 is 8.42 Å². The van der Waals surface area contributed by atoms with Crippen LogP contribution in [-0.4, -0.2) is 40.1 Å². The molecule has 0 aromatic carbocycles. The van der Waals surface area contributed by atoms with Crippen molar-refractivity contribution in [2.45, 2.75) is 54.8 Å². The van der Waals surface area contributed by atoms with Crippen molar-refractivity contribution in [3.05, 3.63) is 28.6 Å². The Hall–Kier alpha value is -0.960. The van der Waals surface area contributed by atoms with Crippen LogP contribution in [0.5, 0.6) is 0 Å². The van der Waals surface area contributed by atoms with Crippen LogP contribution in [0.3, 0.4) is 0 Å². The van der Waals surface area contributed by atoms with Crippen LogP contribution >= 0.6 is 22.9 Å². The number of halogens is 1. The molecular formula is C15H19ClN4O2S2. The van der Waals surface area contributed by atoms with Crippen LogP contribution in [0.25, 0.3) is 0 Å². The lowest BCUT2D eigenvalue weighted by Crippen LogP contribution is -2.35. The van der Waals surface area contributed by atoms with Crippen LogP contribution in [0, 0.1) is 0 Å². The van der Waals surface area contributed by atoms with Gasteiger partial charge in [-0.2, -0.15) is 4.31 Å². The van der Waals surface area contributed by atoms with Gasteiger partial charge in [-0.05, 0) is 44.2 Å². The molecule has 130 valence electrons. The largest absolute Gasteiger partial charge is 0.314 e. The fourth-order valence-electron chi connectivity index (χ4n) is 3.36. The SMILES string of the molecule is O=S(=O)(c1ccc(Cl)s1)N1CCCC1CCc1nncn1C1CC1. The van der Waals surface area contributed by atoms with Crippen molar-refractivity contribution in [2.75, 3.05) is 6.54 Å². The van der Waals surface area contributed by atoms with E-state index in [9.17, 15) is 8.42 Å². The van der Waals surface area contributed by atoms with Crippen LogP contribution in [-0.2, 0) is 16.4 Å². The molecule has 6 nitrogen and oxygen atoms in total. The van der Waals surface area contributed by atoms with E-state index in [0.717, 1.165) is 42.8 Å². The van der Waals surface area contributed by atoms with Gasteiger partial charge < -0.3 is 4.57 Å². The highest BCUT2D eigenvalue weighted by Gasteiger charge is 2.36. The predicted octanol–water partition coefficient (Wildman–Crippen LogP) is 3.11. The molecule has 0 radical (unpaired) electrons. The molecule has 1 atom stereocenters. The highest BCUT2D eigenvalue weighted by Crippen LogP contribution is 2.36. The van der Waals surface area contributed by atoms with E-state index in [1.165, 1.54) is 12.8 Å². The zero-order valence-corrected chi connectivity index (χ0v) is 15.5. The minimum absolute atomic E-state index is 0.0280. The quantitative estimate of drug-likeness (QED) is 0.764. The van der Waals surface area contributed by atoms with E-state index < -0.39 is 10.0 Å². The number of aryl methyl sites for hydroxylation is 1. The summed E-state index contributed by atoms with van der Waals surface area (Å²) in [5, 5.41) is 8.23. The first kappa shape index (κ1) is 16.5. The first-order valence-corrected chi connectivity index (χ1v) is 10.8. The lowest BCUT2D eigenvalue weighted by atomic mass is 10.1.